The molecule has 3 nitrogen and oxygen atoms in total. The van der Waals surface area contributed by atoms with Crippen LogP contribution in [0.15, 0.2) is 0 Å². The summed E-state index contributed by atoms with van der Waals surface area (Å²) in [6.07, 6.45) is 4.10. The molecule has 1 aliphatic rings. The Bertz CT molecular complexity index is 420. The minimum atomic E-state index is -0.400. The van der Waals surface area contributed by atoms with Crippen LogP contribution in [0.25, 0.3) is 0 Å². The maximum absolute atomic E-state index is 6.24. The Balaban J connectivity index is 2.47. The second-order valence-electron chi connectivity index (χ2n) is 5.10. The van der Waals surface area contributed by atoms with Gasteiger partial charge in [-0.05, 0) is 31.6 Å². The smallest absolute Gasteiger partial charge is 0.163 e. The predicted molar refractivity (Wildman–Crippen MR) is 73.3 cm³/mol. The first kappa shape index (κ1) is 14.0. The predicted octanol–water partition coefficient (Wildman–Crippen LogP) is 4.32. The Morgan fingerprint density at radius 1 is 1.11 bits per heavy atom. The number of aromatic nitrogens is 2. The zero-order valence-corrected chi connectivity index (χ0v) is 12.5. The molecule has 0 saturated heterocycles. The van der Waals surface area contributed by atoms with Crippen molar-refractivity contribution in [3.05, 3.63) is 21.7 Å². The van der Waals surface area contributed by atoms with Gasteiger partial charge in [0, 0.05) is 12.7 Å². The molecule has 2 rings (SSSR count). The van der Waals surface area contributed by atoms with E-state index in [1.165, 1.54) is 0 Å². The van der Waals surface area contributed by atoms with E-state index in [2.05, 4.69) is 9.97 Å². The summed E-state index contributed by atoms with van der Waals surface area (Å²) in [4.78, 5) is 8.85. The van der Waals surface area contributed by atoms with Gasteiger partial charge in [0.1, 0.15) is 15.9 Å². The van der Waals surface area contributed by atoms with Gasteiger partial charge < -0.3 is 4.74 Å². The highest BCUT2D eigenvalue weighted by atomic mass is 35.5. The highest BCUT2D eigenvalue weighted by Crippen LogP contribution is 2.41. The van der Waals surface area contributed by atoms with E-state index in [4.69, 9.17) is 27.9 Å². The van der Waals surface area contributed by atoms with Crippen LogP contribution >= 0.6 is 23.2 Å². The molecule has 0 atom stereocenters. The molecule has 1 heterocycles. The number of halogens is 2. The van der Waals surface area contributed by atoms with Crippen LogP contribution in [0, 0.1) is 0 Å². The van der Waals surface area contributed by atoms with Gasteiger partial charge in [-0.15, -0.1) is 0 Å². The van der Waals surface area contributed by atoms with Gasteiger partial charge >= 0.3 is 0 Å². The van der Waals surface area contributed by atoms with Gasteiger partial charge in [-0.25, -0.2) is 9.97 Å². The molecule has 1 aromatic rings. The Labute approximate surface area is 118 Å². The number of rotatable bonds is 3. The average molecular weight is 289 g/mol. The van der Waals surface area contributed by atoms with Crippen molar-refractivity contribution in [2.75, 3.05) is 7.11 Å². The second-order valence-corrected chi connectivity index (χ2v) is 5.82. The maximum atomic E-state index is 6.24. The van der Waals surface area contributed by atoms with Crippen LogP contribution < -0.4 is 0 Å². The van der Waals surface area contributed by atoms with E-state index in [-0.39, 0.29) is 5.92 Å². The van der Waals surface area contributed by atoms with E-state index in [1.54, 1.807) is 7.11 Å². The van der Waals surface area contributed by atoms with Crippen LogP contribution in [0.3, 0.4) is 0 Å². The normalized spacial score (nSPS) is 18.6. The number of hydrogen-bond acceptors (Lipinski definition) is 3. The van der Waals surface area contributed by atoms with Gasteiger partial charge in [0.2, 0.25) is 0 Å². The number of nitrogens with zero attached hydrogens (tertiary/aromatic N) is 2. The lowest BCUT2D eigenvalue weighted by Crippen LogP contribution is -2.27. The van der Waals surface area contributed by atoms with Crippen LogP contribution in [0.5, 0.6) is 0 Å². The summed E-state index contributed by atoms with van der Waals surface area (Å²) >= 11 is 12.5. The van der Waals surface area contributed by atoms with E-state index >= 15 is 0 Å². The summed E-state index contributed by atoms with van der Waals surface area (Å²) in [6.45, 7) is 4.05. The lowest BCUT2D eigenvalue weighted by Gasteiger charge is -2.26. The van der Waals surface area contributed by atoms with E-state index < -0.39 is 5.60 Å². The highest BCUT2D eigenvalue weighted by Gasteiger charge is 2.39. The van der Waals surface area contributed by atoms with Crippen LogP contribution in [0.2, 0.25) is 10.3 Å². The molecule has 0 radical (unpaired) electrons. The van der Waals surface area contributed by atoms with Crippen molar-refractivity contribution >= 4 is 23.2 Å². The summed E-state index contributed by atoms with van der Waals surface area (Å²) in [6, 6.07) is 0. The molecule has 100 valence electrons. The van der Waals surface area contributed by atoms with Gasteiger partial charge in [0.05, 0.1) is 0 Å². The molecule has 1 aromatic heterocycles. The third kappa shape index (κ3) is 2.36. The first-order valence-corrected chi connectivity index (χ1v) is 7.04. The number of methoxy groups -OCH3 is 1. The molecule has 0 unspecified atom stereocenters. The van der Waals surface area contributed by atoms with Crippen molar-refractivity contribution in [2.24, 2.45) is 0 Å². The zero-order chi connectivity index (χ0) is 13.3. The molecular formula is C13H18Cl2N2O. The van der Waals surface area contributed by atoms with Crippen molar-refractivity contribution in [3.63, 3.8) is 0 Å². The van der Waals surface area contributed by atoms with Gasteiger partial charge in [0.25, 0.3) is 0 Å². The van der Waals surface area contributed by atoms with E-state index in [0.29, 0.717) is 16.1 Å². The molecule has 0 aliphatic heterocycles. The first-order chi connectivity index (χ1) is 8.50. The fourth-order valence-electron chi connectivity index (χ4n) is 2.56. The molecule has 5 heteroatoms. The van der Waals surface area contributed by atoms with Crippen molar-refractivity contribution in [3.8, 4) is 0 Å². The summed E-state index contributed by atoms with van der Waals surface area (Å²) in [5.74, 6) is 0.836. The van der Waals surface area contributed by atoms with Crippen molar-refractivity contribution < 1.29 is 4.74 Å². The van der Waals surface area contributed by atoms with Crippen LogP contribution in [-0.4, -0.2) is 17.1 Å². The van der Waals surface area contributed by atoms with Crippen molar-refractivity contribution in [2.45, 2.75) is 51.0 Å². The lowest BCUT2D eigenvalue weighted by atomic mass is 10.0. The Hall–Kier alpha value is -0.380. The lowest BCUT2D eigenvalue weighted by molar-refractivity contribution is -0.0163. The van der Waals surface area contributed by atoms with Gasteiger partial charge in [-0.2, -0.15) is 0 Å². The molecule has 18 heavy (non-hydrogen) atoms. The first-order valence-electron chi connectivity index (χ1n) is 6.29. The molecule has 0 bridgehead atoms. The molecule has 0 spiro atoms. The summed E-state index contributed by atoms with van der Waals surface area (Å²) in [5.41, 5.74) is 0.411. The molecule has 0 amide bonds. The topological polar surface area (TPSA) is 35.0 Å². The maximum Gasteiger partial charge on any atom is 0.163 e. The summed E-state index contributed by atoms with van der Waals surface area (Å²) in [5, 5.41) is 0.895. The highest BCUT2D eigenvalue weighted by molar-refractivity contribution is 6.34. The number of hydrogen-bond donors (Lipinski definition) is 0. The zero-order valence-electron chi connectivity index (χ0n) is 11.0. The molecule has 0 N–H and O–H groups in total. The number of ether oxygens (including phenoxy) is 1. The summed E-state index contributed by atoms with van der Waals surface area (Å²) in [7, 11) is 1.70. The van der Waals surface area contributed by atoms with E-state index in [0.717, 1.165) is 31.2 Å². The second kappa shape index (κ2) is 5.32. The van der Waals surface area contributed by atoms with Crippen LogP contribution in [0.1, 0.15) is 56.8 Å². The average Bonchev–Trinajstić information content (AvgIpc) is 2.77. The van der Waals surface area contributed by atoms with E-state index in [9.17, 15) is 0 Å². The van der Waals surface area contributed by atoms with Crippen LogP contribution in [0.4, 0.5) is 0 Å². The largest absolute Gasteiger partial charge is 0.370 e. The third-order valence-corrected chi connectivity index (χ3v) is 4.22. The third-order valence-electron chi connectivity index (χ3n) is 3.64. The molecular weight excluding hydrogens is 271 g/mol. The SMILES string of the molecule is COC1(c2nc(Cl)c(C(C)C)c(Cl)n2)CCCC1. The minimum Gasteiger partial charge on any atom is -0.370 e. The Morgan fingerprint density at radius 2 is 1.61 bits per heavy atom. The Kier molecular flexibility index (Phi) is 4.15. The summed E-state index contributed by atoms with van der Waals surface area (Å²) < 4.78 is 5.65. The van der Waals surface area contributed by atoms with Gasteiger partial charge in [0.15, 0.2) is 5.82 Å². The van der Waals surface area contributed by atoms with Crippen molar-refractivity contribution in [1.82, 2.24) is 9.97 Å². The monoisotopic (exact) mass is 288 g/mol. The van der Waals surface area contributed by atoms with Crippen LogP contribution in [-0.2, 0) is 10.3 Å². The fraction of sp³-hybridized carbons (Fsp3) is 0.692. The van der Waals surface area contributed by atoms with Gasteiger partial charge in [-0.3, -0.25) is 0 Å². The molecule has 1 aliphatic carbocycles. The van der Waals surface area contributed by atoms with Crippen molar-refractivity contribution in [1.29, 1.82) is 0 Å². The molecule has 1 fully saturated rings. The fourth-order valence-corrected chi connectivity index (χ4v) is 3.39. The quantitative estimate of drug-likeness (QED) is 0.777. The van der Waals surface area contributed by atoms with Gasteiger partial charge in [-0.1, -0.05) is 37.0 Å². The standard InChI is InChI=1S/C13H18Cl2N2O/c1-8(2)9-10(14)16-12(17-11(9)15)13(18-3)6-4-5-7-13/h8H,4-7H2,1-3H3. The Morgan fingerprint density at radius 3 is 2.00 bits per heavy atom. The minimum absolute atomic E-state index is 0.209. The molecule has 0 aromatic carbocycles. The van der Waals surface area contributed by atoms with E-state index in [1.807, 2.05) is 13.8 Å². The molecule has 1 saturated carbocycles.